The van der Waals surface area contributed by atoms with Crippen LogP contribution in [0.1, 0.15) is 11.1 Å². The zero-order valence-electron chi connectivity index (χ0n) is 11.0. The molecule has 5 heteroatoms. The first-order chi connectivity index (χ1) is 10.2. The Bertz CT molecular complexity index is 949. The van der Waals surface area contributed by atoms with Crippen LogP contribution in [-0.4, -0.2) is 9.55 Å². The number of hydrogen-bond donors (Lipinski definition) is 1. The normalized spacial score (nSPS) is 10.2. The van der Waals surface area contributed by atoms with Crippen molar-refractivity contribution in [2.45, 2.75) is 6.42 Å². The molecule has 4 nitrogen and oxygen atoms in total. The molecule has 1 N–H and O–H groups in total. The van der Waals surface area contributed by atoms with Crippen molar-refractivity contribution in [3.8, 4) is 17.8 Å². The monoisotopic (exact) mass is 290 g/mol. The average molecular weight is 290 g/mol. The van der Waals surface area contributed by atoms with Crippen LogP contribution in [0.3, 0.4) is 0 Å². The molecular weight excluding hydrogens is 280 g/mol. The molecule has 3 rings (SSSR count). The van der Waals surface area contributed by atoms with Gasteiger partial charge in [0.05, 0.1) is 35.2 Å². The van der Waals surface area contributed by atoms with Crippen LogP contribution in [0, 0.1) is 27.4 Å². The summed E-state index contributed by atoms with van der Waals surface area (Å²) in [5.41, 5.74) is 4.21. The van der Waals surface area contributed by atoms with Crippen molar-refractivity contribution in [3.05, 3.63) is 58.4 Å². The molecule has 0 atom stereocenters. The van der Waals surface area contributed by atoms with Crippen LogP contribution in [0.5, 0.6) is 0 Å². The van der Waals surface area contributed by atoms with E-state index in [0.29, 0.717) is 16.8 Å². The number of benzene rings is 2. The first kappa shape index (κ1) is 13.1. The first-order valence-corrected chi connectivity index (χ1v) is 6.75. The standard InChI is InChI=1S/C16H10N4S/c17-8-7-11-1-4-13(5-2-11)20-15-9-12(10-18)3-6-14(15)19-16(20)21/h1-6,9H,7H2,(H,19,21). The van der Waals surface area contributed by atoms with Crippen molar-refractivity contribution >= 4 is 23.3 Å². The Kier molecular flexibility index (Phi) is 3.27. The number of imidazole rings is 1. The maximum absolute atomic E-state index is 9.03. The molecule has 0 radical (unpaired) electrons. The summed E-state index contributed by atoms with van der Waals surface area (Å²) in [5, 5.41) is 17.7. The topological polar surface area (TPSA) is 68.3 Å². The molecule has 0 aliphatic heterocycles. The van der Waals surface area contributed by atoms with Gasteiger partial charge in [0.15, 0.2) is 4.77 Å². The highest BCUT2D eigenvalue weighted by Gasteiger charge is 2.07. The van der Waals surface area contributed by atoms with Gasteiger partial charge >= 0.3 is 0 Å². The average Bonchev–Trinajstić information content (AvgIpc) is 2.83. The predicted molar refractivity (Wildman–Crippen MR) is 82.5 cm³/mol. The molecule has 1 aromatic heterocycles. The highest BCUT2D eigenvalue weighted by molar-refractivity contribution is 7.71. The third-order valence-corrected chi connectivity index (χ3v) is 3.57. The molecule has 3 aromatic rings. The van der Waals surface area contributed by atoms with Gasteiger partial charge in [0, 0.05) is 5.69 Å². The molecule has 1 heterocycles. The van der Waals surface area contributed by atoms with Crippen LogP contribution in [0.25, 0.3) is 16.7 Å². The number of nitrogens with one attached hydrogen (secondary N) is 1. The number of aromatic nitrogens is 2. The molecule has 21 heavy (non-hydrogen) atoms. The molecule has 0 fully saturated rings. The first-order valence-electron chi connectivity index (χ1n) is 6.34. The summed E-state index contributed by atoms with van der Waals surface area (Å²) in [6.07, 6.45) is 0.387. The molecule has 100 valence electrons. The number of hydrogen-bond acceptors (Lipinski definition) is 3. The fourth-order valence-electron chi connectivity index (χ4n) is 2.28. The Labute approximate surface area is 126 Å². The lowest BCUT2D eigenvalue weighted by molar-refractivity contribution is 1.06. The molecule has 0 amide bonds. The minimum absolute atomic E-state index is 0.387. The minimum Gasteiger partial charge on any atom is -0.330 e. The fraction of sp³-hybridized carbons (Fsp3) is 0.0625. The van der Waals surface area contributed by atoms with Gasteiger partial charge in [-0.2, -0.15) is 10.5 Å². The number of fused-ring (bicyclic) bond motifs is 1. The highest BCUT2D eigenvalue weighted by Crippen LogP contribution is 2.21. The van der Waals surface area contributed by atoms with Crippen molar-refractivity contribution < 1.29 is 0 Å². The Balaban J connectivity index is 2.20. The smallest absolute Gasteiger partial charge is 0.182 e. The van der Waals surface area contributed by atoms with Crippen LogP contribution in [0.2, 0.25) is 0 Å². The number of nitriles is 2. The maximum atomic E-state index is 9.03. The summed E-state index contributed by atoms with van der Waals surface area (Å²) in [6, 6.07) is 17.4. The number of nitrogens with zero attached hydrogens (tertiary/aromatic N) is 3. The van der Waals surface area contributed by atoms with E-state index in [4.69, 9.17) is 22.7 Å². The van der Waals surface area contributed by atoms with Crippen LogP contribution < -0.4 is 0 Å². The highest BCUT2D eigenvalue weighted by atomic mass is 32.1. The number of aromatic amines is 1. The van der Waals surface area contributed by atoms with Gasteiger partial charge in [0.1, 0.15) is 0 Å². The van der Waals surface area contributed by atoms with Gasteiger partial charge < -0.3 is 4.98 Å². The van der Waals surface area contributed by atoms with Crippen molar-refractivity contribution in [1.82, 2.24) is 9.55 Å². The Hall–Kier alpha value is -2.89. The van der Waals surface area contributed by atoms with E-state index < -0.39 is 0 Å². The maximum Gasteiger partial charge on any atom is 0.182 e. The van der Waals surface area contributed by atoms with E-state index in [1.54, 1.807) is 6.07 Å². The van der Waals surface area contributed by atoms with E-state index in [0.717, 1.165) is 22.3 Å². The number of rotatable bonds is 2. The molecule has 0 aliphatic rings. The second-order valence-corrected chi connectivity index (χ2v) is 5.00. The molecule has 0 aliphatic carbocycles. The van der Waals surface area contributed by atoms with Gasteiger partial charge in [-0.1, -0.05) is 12.1 Å². The quantitative estimate of drug-likeness (QED) is 0.733. The third kappa shape index (κ3) is 2.31. The molecule has 0 bridgehead atoms. The lowest BCUT2D eigenvalue weighted by Crippen LogP contribution is -1.94. The largest absolute Gasteiger partial charge is 0.330 e. The summed E-state index contributed by atoms with van der Waals surface area (Å²) >= 11 is 5.37. The van der Waals surface area contributed by atoms with E-state index in [1.165, 1.54) is 0 Å². The molecule has 0 unspecified atom stereocenters. The van der Waals surface area contributed by atoms with Gasteiger partial charge in [-0.05, 0) is 48.1 Å². The summed E-state index contributed by atoms with van der Waals surface area (Å²) < 4.78 is 2.47. The lowest BCUT2D eigenvalue weighted by atomic mass is 10.1. The minimum atomic E-state index is 0.387. The van der Waals surface area contributed by atoms with Gasteiger partial charge in [0.25, 0.3) is 0 Å². The molecule has 0 saturated heterocycles. The Morgan fingerprint density at radius 1 is 1.10 bits per heavy atom. The van der Waals surface area contributed by atoms with E-state index in [1.807, 2.05) is 41.0 Å². The summed E-state index contributed by atoms with van der Waals surface area (Å²) in [5.74, 6) is 0. The number of H-pyrrole nitrogens is 1. The molecule has 0 spiro atoms. The second kappa shape index (κ2) is 5.24. The van der Waals surface area contributed by atoms with E-state index in [2.05, 4.69) is 17.1 Å². The Morgan fingerprint density at radius 3 is 2.52 bits per heavy atom. The van der Waals surface area contributed by atoms with Gasteiger partial charge in [0.2, 0.25) is 0 Å². The van der Waals surface area contributed by atoms with Crippen LogP contribution in [0.15, 0.2) is 42.5 Å². The Morgan fingerprint density at radius 2 is 1.86 bits per heavy atom. The van der Waals surface area contributed by atoms with Crippen molar-refractivity contribution in [3.63, 3.8) is 0 Å². The van der Waals surface area contributed by atoms with Crippen molar-refractivity contribution in [2.75, 3.05) is 0 Å². The van der Waals surface area contributed by atoms with Crippen molar-refractivity contribution in [1.29, 1.82) is 10.5 Å². The summed E-state index contributed by atoms with van der Waals surface area (Å²) in [6.45, 7) is 0. The van der Waals surface area contributed by atoms with Crippen molar-refractivity contribution in [2.24, 2.45) is 0 Å². The molecule has 0 saturated carbocycles. The third-order valence-electron chi connectivity index (χ3n) is 3.29. The van der Waals surface area contributed by atoms with Gasteiger partial charge in [-0.3, -0.25) is 4.57 Å². The predicted octanol–water partition coefficient (Wildman–Crippen LogP) is 3.63. The van der Waals surface area contributed by atoms with Gasteiger partial charge in [-0.15, -0.1) is 0 Å². The molecule has 2 aromatic carbocycles. The van der Waals surface area contributed by atoms with Crippen LogP contribution in [-0.2, 0) is 6.42 Å². The lowest BCUT2D eigenvalue weighted by Gasteiger charge is -2.05. The molecular formula is C16H10N4S. The van der Waals surface area contributed by atoms with E-state index in [-0.39, 0.29) is 0 Å². The second-order valence-electron chi connectivity index (χ2n) is 4.61. The zero-order chi connectivity index (χ0) is 14.8. The van der Waals surface area contributed by atoms with E-state index >= 15 is 0 Å². The van der Waals surface area contributed by atoms with Gasteiger partial charge in [-0.25, -0.2) is 0 Å². The zero-order valence-corrected chi connectivity index (χ0v) is 11.8. The fourth-order valence-corrected chi connectivity index (χ4v) is 2.60. The SMILES string of the molecule is N#CCc1ccc(-n2c(=S)[nH]c3ccc(C#N)cc32)cc1. The van der Waals surface area contributed by atoms with E-state index in [9.17, 15) is 0 Å². The van der Waals surface area contributed by atoms with Crippen LogP contribution in [0.4, 0.5) is 0 Å². The van der Waals surface area contributed by atoms with Crippen LogP contribution >= 0.6 is 12.2 Å². The summed E-state index contributed by atoms with van der Waals surface area (Å²) in [4.78, 5) is 3.13. The summed E-state index contributed by atoms with van der Waals surface area (Å²) in [7, 11) is 0.